The van der Waals surface area contributed by atoms with Gasteiger partial charge in [0.1, 0.15) is 5.82 Å². The van der Waals surface area contributed by atoms with Gasteiger partial charge in [0.25, 0.3) is 0 Å². The van der Waals surface area contributed by atoms with E-state index in [9.17, 15) is 13.2 Å². The van der Waals surface area contributed by atoms with Gasteiger partial charge in [0.15, 0.2) is 11.6 Å². The first-order valence-corrected chi connectivity index (χ1v) is 11.8. The van der Waals surface area contributed by atoms with Crippen LogP contribution < -0.4 is 4.74 Å². The molecule has 1 saturated carbocycles. The van der Waals surface area contributed by atoms with Gasteiger partial charge in [-0.05, 0) is 61.8 Å². The van der Waals surface area contributed by atoms with Crippen molar-refractivity contribution in [2.24, 2.45) is 5.92 Å². The molecular formula is C26H28F6O2. The quantitative estimate of drug-likeness (QED) is 0.368. The summed E-state index contributed by atoms with van der Waals surface area (Å²) in [6.07, 6.45) is 5.68. The molecule has 0 amide bonds. The van der Waals surface area contributed by atoms with Gasteiger partial charge in [-0.15, -0.1) is 0 Å². The van der Waals surface area contributed by atoms with Crippen LogP contribution in [0.15, 0.2) is 24.3 Å². The molecule has 0 spiro atoms. The van der Waals surface area contributed by atoms with E-state index in [0.717, 1.165) is 56.7 Å². The van der Waals surface area contributed by atoms with Crippen LogP contribution in [-0.4, -0.2) is 12.7 Å². The Labute approximate surface area is 195 Å². The lowest BCUT2D eigenvalue weighted by atomic mass is 9.79. The molecule has 0 bridgehead atoms. The SMILES string of the molecule is CCCC1CCC(OCc2ccc3c(c2F)C(F)(F)C(F)(F)c2c-3ccc(OCC)c2F)CC1. The number of rotatable bonds is 7. The summed E-state index contributed by atoms with van der Waals surface area (Å²) >= 11 is 0. The molecule has 0 aliphatic heterocycles. The Morgan fingerprint density at radius 1 is 0.824 bits per heavy atom. The molecule has 34 heavy (non-hydrogen) atoms. The topological polar surface area (TPSA) is 18.5 Å². The highest BCUT2D eigenvalue weighted by Gasteiger charge is 2.65. The van der Waals surface area contributed by atoms with Crippen LogP contribution in [0.1, 0.15) is 69.1 Å². The summed E-state index contributed by atoms with van der Waals surface area (Å²) in [5, 5.41) is 0. The minimum atomic E-state index is -4.97. The molecule has 2 aliphatic rings. The molecule has 4 rings (SSSR count). The van der Waals surface area contributed by atoms with Crippen LogP contribution in [0.5, 0.6) is 5.75 Å². The number of halogens is 6. The summed E-state index contributed by atoms with van der Waals surface area (Å²) in [4.78, 5) is 0. The first-order valence-electron chi connectivity index (χ1n) is 11.8. The molecule has 2 aromatic carbocycles. The van der Waals surface area contributed by atoms with Crippen molar-refractivity contribution >= 4 is 0 Å². The van der Waals surface area contributed by atoms with Crippen molar-refractivity contribution in [3.8, 4) is 16.9 Å². The van der Waals surface area contributed by atoms with Crippen LogP contribution in [0.25, 0.3) is 11.1 Å². The van der Waals surface area contributed by atoms with Crippen LogP contribution in [0.3, 0.4) is 0 Å². The Bertz CT molecular complexity index is 1040. The second-order valence-electron chi connectivity index (χ2n) is 9.09. The van der Waals surface area contributed by atoms with Crippen molar-refractivity contribution in [1.82, 2.24) is 0 Å². The summed E-state index contributed by atoms with van der Waals surface area (Å²) in [5.74, 6) is -12.9. The molecule has 1 fully saturated rings. The maximum atomic E-state index is 15.3. The summed E-state index contributed by atoms with van der Waals surface area (Å²) in [6.45, 7) is 3.31. The molecule has 2 aromatic rings. The molecule has 0 saturated heterocycles. The van der Waals surface area contributed by atoms with Crippen LogP contribution in [0.4, 0.5) is 26.3 Å². The van der Waals surface area contributed by atoms with E-state index in [1.54, 1.807) is 0 Å². The third kappa shape index (κ3) is 4.08. The van der Waals surface area contributed by atoms with Gasteiger partial charge < -0.3 is 9.47 Å². The normalized spacial score (nSPS) is 22.7. The predicted octanol–water partition coefficient (Wildman–Crippen LogP) is 8.10. The molecule has 0 aromatic heterocycles. The molecule has 8 heteroatoms. The molecule has 2 nitrogen and oxygen atoms in total. The number of ether oxygens (including phenoxy) is 2. The number of benzene rings is 2. The van der Waals surface area contributed by atoms with Gasteiger partial charge in [0.2, 0.25) is 0 Å². The van der Waals surface area contributed by atoms with E-state index < -0.39 is 51.5 Å². The summed E-state index contributed by atoms with van der Waals surface area (Å²) in [7, 11) is 0. The van der Waals surface area contributed by atoms with Crippen molar-refractivity contribution < 1.29 is 35.8 Å². The Hall–Kier alpha value is -2.22. The predicted molar refractivity (Wildman–Crippen MR) is 116 cm³/mol. The molecule has 0 N–H and O–H groups in total. The highest BCUT2D eigenvalue weighted by atomic mass is 19.3. The minimum absolute atomic E-state index is 0.0352. The Balaban J connectivity index is 1.66. The van der Waals surface area contributed by atoms with Crippen LogP contribution >= 0.6 is 0 Å². The maximum Gasteiger partial charge on any atom is 0.343 e. The standard InChI is InChI=1S/C26H28F6O2/c1-3-5-15-6-9-17(10-7-15)34-14-16-8-11-18-19-12-13-20(33-4-2)24(28)22(19)26(31,32)25(29,30)21(18)23(16)27/h8,11-13,15,17H,3-7,9-10,14H2,1-2H3. The number of hydrogen-bond acceptors (Lipinski definition) is 2. The van der Waals surface area contributed by atoms with Gasteiger partial charge in [-0.3, -0.25) is 0 Å². The third-order valence-corrected chi connectivity index (χ3v) is 6.91. The van der Waals surface area contributed by atoms with E-state index in [1.165, 1.54) is 13.0 Å². The fourth-order valence-corrected chi connectivity index (χ4v) is 5.13. The van der Waals surface area contributed by atoms with E-state index in [-0.39, 0.29) is 24.9 Å². The van der Waals surface area contributed by atoms with E-state index in [4.69, 9.17) is 9.47 Å². The Morgan fingerprint density at radius 2 is 1.41 bits per heavy atom. The average molecular weight is 486 g/mol. The first-order chi connectivity index (χ1) is 16.1. The minimum Gasteiger partial charge on any atom is -0.491 e. The number of fused-ring (bicyclic) bond motifs is 3. The van der Waals surface area contributed by atoms with Crippen molar-refractivity contribution in [2.75, 3.05) is 6.61 Å². The van der Waals surface area contributed by atoms with Gasteiger partial charge in [-0.25, -0.2) is 8.78 Å². The Kier molecular flexibility index (Phi) is 6.91. The van der Waals surface area contributed by atoms with Crippen LogP contribution in [0.2, 0.25) is 0 Å². The van der Waals surface area contributed by atoms with Crippen LogP contribution in [0, 0.1) is 17.6 Å². The smallest absolute Gasteiger partial charge is 0.343 e. The van der Waals surface area contributed by atoms with Gasteiger partial charge in [-0.2, -0.15) is 17.6 Å². The van der Waals surface area contributed by atoms with Crippen molar-refractivity contribution in [3.05, 3.63) is 52.6 Å². The molecule has 0 unspecified atom stereocenters. The summed E-state index contributed by atoms with van der Waals surface area (Å²) in [5.41, 5.74) is -4.08. The van der Waals surface area contributed by atoms with Crippen molar-refractivity contribution in [3.63, 3.8) is 0 Å². The zero-order valence-electron chi connectivity index (χ0n) is 19.2. The summed E-state index contributed by atoms with van der Waals surface area (Å²) in [6, 6.07) is 4.53. The zero-order valence-corrected chi connectivity index (χ0v) is 19.2. The maximum absolute atomic E-state index is 15.3. The van der Waals surface area contributed by atoms with Gasteiger partial charge in [-0.1, -0.05) is 31.9 Å². The molecular weight excluding hydrogens is 458 g/mol. The lowest BCUT2D eigenvalue weighted by Gasteiger charge is -2.36. The molecule has 186 valence electrons. The fourth-order valence-electron chi connectivity index (χ4n) is 5.13. The van der Waals surface area contributed by atoms with Crippen LogP contribution in [-0.2, 0) is 23.2 Å². The van der Waals surface area contributed by atoms with E-state index in [2.05, 4.69) is 6.92 Å². The van der Waals surface area contributed by atoms with E-state index >= 15 is 13.2 Å². The number of hydrogen-bond donors (Lipinski definition) is 0. The second-order valence-corrected chi connectivity index (χ2v) is 9.09. The first kappa shape index (κ1) is 24.9. The molecule has 0 heterocycles. The second kappa shape index (κ2) is 9.44. The van der Waals surface area contributed by atoms with Gasteiger partial charge in [0.05, 0.1) is 30.4 Å². The summed E-state index contributed by atoms with van der Waals surface area (Å²) < 4.78 is 101. The fraction of sp³-hybridized carbons (Fsp3) is 0.538. The van der Waals surface area contributed by atoms with E-state index in [1.807, 2.05) is 0 Å². The lowest BCUT2D eigenvalue weighted by Crippen LogP contribution is -2.41. The average Bonchev–Trinajstić information content (AvgIpc) is 2.79. The third-order valence-electron chi connectivity index (χ3n) is 6.91. The molecule has 0 radical (unpaired) electrons. The molecule has 2 aliphatic carbocycles. The van der Waals surface area contributed by atoms with E-state index in [0.29, 0.717) is 5.92 Å². The lowest BCUT2D eigenvalue weighted by molar-refractivity contribution is -0.228. The molecule has 0 atom stereocenters. The highest BCUT2D eigenvalue weighted by molar-refractivity contribution is 5.77. The Morgan fingerprint density at radius 3 is 2.00 bits per heavy atom. The van der Waals surface area contributed by atoms with Crippen molar-refractivity contribution in [2.45, 2.75) is 76.9 Å². The number of alkyl halides is 4. The highest BCUT2D eigenvalue weighted by Crippen LogP contribution is 2.60. The zero-order chi connectivity index (χ0) is 24.7. The largest absolute Gasteiger partial charge is 0.491 e. The monoisotopic (exact) mass is 486 g/mol. The van der Waals surface area contributed by atoms with Gasteiger partial charge >= 0.3 is 11.8 Å². The van der Waals surface area contributed by atoms with Gasteiger partial charge in [0, 0.05) is 5.56 Å². The van der Waals surface area contributed by atoms with Crippen molar-refractivity contribution in [1.29, 1.82) is 0 Å².